The van der Waals surface area contributed by atoms with Gasteiger partial charge in [-0.15, -0.1) is 0 Å². The predicted octanol–water partition coefficient (Wildman–Crippen LogP) is 4.42. The molecule has 5 rings (SSSR count). The van der Waals surface area contributed by atoms with E-state index < -0.39 is 0 Å². The Morgan fingerprint density at radius 1 is 0.952 bits per heavy atom. The fourth-order valence-electron chi connectivity index (χ4n) is 6.29. The summed E-state index contributed by atoms with van der Waals surface area (Å²) in [6.45, 7) is 0. The van der Waals surface area contributed by atoms with Crippen molar-refractivity contribution in [2.24, 2.45) is 23.2 Å². The van der Waals surface area contributed by atoms with E-state index in [1.807, 2.05) is 0 Å². The molecule has 5 saturated carbocycles. The van der Waals surface area contributed by atoms with E-state index in [0.29, 0.717) is 11.9 Å². The molecule has 3 heteroatoms. The lowest BCUT2D eigenvalue weighted by Gasteiger charge is -2.58. The highest BCUT2D eigenvalue weighted by Crippen LogP contribution is 2.62. The van der Waals surface area contributed by atoms with Crippen molar-refractivity contribution >= 4 is 21.8 Å². The minimum Gasteiger partial charge on any atom is -0.352 e. The van der Waals surface area contributed by atoms with Crippen LogP contribution in [-0.4, -0.2) is 16.8 Å². The number of halogens is 1. The highest BCUT2D eigenvalue weighted by Gasteiger charge is 2.55. The molecule has 0 aromatic heterocycles. The van der Waals surface area contributed by atoms with E-state index in [-0.39, 0.29) is 10.2 Å². The molecule has 1 N–H and O–H groups in total. The van der Waals surface area contributed by atoms with E-state index >= 15 is 0 Å². The number of hydrogen-bond acceptors (Lipinski definition) is 1. The SMILES string of the molecule is O=C(NC1CCCCC1)[C@H](Br)C12CC3CC(CC(C3)C1)C2. The zero-order chi connectivity index (χ0) is 14.4. The van der Waals surface area contributed by atoms with Gasteiger partial charge in [0.15, 0.2) is 0 Å². The maximum Gasteiger partial charge on any atom is 0.234 e. The standard InChI is InChI=1S/C18H28BrNO/c19-16(17(21)20-15-4-2-1-3-5-15)18-9-12-6-13(10-18)8-14(7-12)11-18/h12-16H,1-11H2,(H,20,21)/t12?,13?,14?,16-,18?/m0/s1. The Bertz CT molecular complexity index is 380. The van der Waals surface area contributed by atoms with Crippen molar-refractivity contribution in [3.8, 4) is 0 Å². The first-order valence-electron chi connectivity index (χ1n) is 9.09. The quantitative estimate of drug-likeness (QED) is 0.747. The first-order chi connectivity index (χ1) is 10.1. The minimum atomic E-state index is 0.0559. The summed E-state index contributed by atoms with van der Waals surface area (Å²) in [5.74, 6) is 3.04. The lowest BCUT2D eigenvalue weighted by molar-refractivity contribution is -0.128. The lowest BCUT2D eigenvalue weighted by atomic mass is 9.49. The zero-order valence-corrected chi connectivity index (χ0v) is 14.5. The molecule has 0 aromatic carbocycles. The van der Waals surface area contributed by atoms with E-state index in [0.717, 1.165) is 17.8 Å². The van der Waals surface area contributed by atoms with Crippen LogP contribution in [0.15, 0.2) is 0 Å². The van der Waals surface area contributed by atoms with E-state index in [1.54, 1.807) is 0 Å². The monoisotopic (exact) mass is 353 g/mol. The van der Waals surface area contributed by atoms with Gasteiger partial charge in [-0.2, -0.15) is 0 Å². The molecule has 5 aliphatic carbocycles. The zero-order valence-electron chi connectivity index (χ0n) is 13.0. The summed E-state index contributed by atoms with van der Waals surface area (Å²) in [7, 11) is 0. The Kier molecular flexibility index (Phi) is 3.84. The lowest BCUT2D eigenvalue weighted by Crippen LogP contribution is -2.55. The number of nitrogens with one attached hydrogen (secondary N) is 1. The minimum absolute atomic E-state index is 0.0559. The van der Waals surface area contributed by atoms with Crippen molar-refractivity contribution < 1.29 is 4.79 Å². The number of amides is 1. The topological polar surface area (TPSA) is 29.1 Å². The highest BCUT2D eigenvalue weighted by molar-refractivity contribution is 9.10. The summed E-state index contributed by atoms with van der Waals surface area (Å²) in [4.78, 5) is 12.8. The fourth-order valence-corrected chi connectivity index (χ4v) is 6.98. The average Bonchev–Trinajstić information content (AvgIpc) is 2.46. The van der Waals surface area contributed by atoms with Crippen molar-refractivity contribution in [2.75, 3.05) is 0 Å². The fraction of sp³-hybridized carbons (Fsp3) is 0.944. The number of rotatable bonds is 3. The summed E-state index contributed by atoms with van der Waals surface area (Å²) in [5.41, 5.74) is 0.285. The van der Waals surface area contributed by atoms with Gasteiger partial charge in [-0.3, -0.25) is 4.79 Å². The molecule has 2 nitrogen and oxygen atoms in total. The van der Waals surface area contributed by atoms with Crippen LogP contribution in [0, 0.1) is 23.2 Å². The third kappa shape index (κ3) is 2.68. The summed E-state index contributed by atoms with van der Waals surface area (Å²) in [6.07, 6.45) is 14.5. The number of alkyl halides is 1. The van der Waals surface area contributed by atoms with Crippen molar-refractivity contribution in [1.82, 2.24) is 5.32 Å². The molecular formula is C18H28BrNO. The molecule has 0 spiro atoms. The van der Waals surface area contributed by atoms with Gasteiger partial charge in [0, 0.05) is 6.04 Å². The molecule has 0 unspecified atom stereocenters. The molecule has 1 amide bonds. The van der Waals surface area contributed by atoms with Gasteiger partial charge in [0.05, 0.1) is 4.83 Å². The Balaban J connectivity index is 1.44. The Hall–Kier alpha value is -0.0500. The van der Waals surface area contributed by atoms with Crippen LogP contribution in [0.4, 0.5) is 0 Å². The second-order valence-corrected chi connectivity index (χ2v) is 9.40. The van der Waals surface area contributed by atoms with Crippen LogP contribution < -0.4 is 5.32 Å². The van der Waals surface area contributed by atoms with Gasteiger partial charge in [0.2, 0.25) is 5.91 Å². The van der Waals surface area contributed by atoms with E-state index in [9.17, 15) is 4.79 Å². The molecule has 1 atom stereocenters. The largest absolute Gasteiger partial charge is 0.352 e. The van der Waals surface area contributed by atoms with Crippen LogP contribution in [0.2, 0.25) is 0 Å². The highest BCUT2D eigenvalue weighted by atomic mass is 79.9. The average molecular weight is 354 g/mol. The molecule has 21 heavy (non-hydrogen) atoms. The van der Waals surface area contributed by atoms with E-state index in [4.69, 9.17) is 0 Å². The third-order valence-corrected chi connectivity index (χ3v) is 8.19. The Labute approximate surface area is 136 Å². The van der Waals surface area contributed by atoms with Gasteiger partial charge in [0.25, 0.3) is 0 Å². The molecule has 0 heterocycles. The number of carbonyl (C=O) groups is 1. The second kappa shape index (κ2) is 5.54. The molecule has 0 aliphatic heterocycles. The van der Waals surface area contributed by atoms with Crippen molar-refractivity contribution in [3.63, 3.8) is 0 Å². The maximum atomic E-state index is 12.8. The summed E-state index contributed by atoms with van der Waals surface area (Å²) in [6, 6.07) is 0.445. The molecule has 5 aliphatic rings. The van der Waals surface area contributed by atoms with Crippen molar-refractivity contribution in [3.05, 3.63) is 0 Å². The van der Waals surface area contributed by atoms with Crippen LogP contribution in [-0.2, 0) is 4.79 Å². The predicted molar refractivity (Wildman–Crippen MR) is 88.3 cm³/mol. The van der Waals surface area contributed by atoms with E-state index in [2.05, 4.69) is 21.2 Å². The maximum absolute atomic E-state index is 12.8. The van der Waals surface area contributed by atoms with Gasteiger partial charge < -0.3 is 5.32 Å². The normalized spacial score (nSPS) is 43.8. The van der Waals surface area contributed by atoms with Crippen molar-refractivity contribution in [2.45, 2.75) is 81.5 Å². The Morgan fingerprint density at radius 3 is 2.00 bits per heavy atom. The smallest absolute Gasteiger partial charge is 0.234 e. The molecule has 4 bridgehead atoms. The molecule has 0 radical (unpaired) electrons. The number of hydrogen-bond donors (Lipinski definition) is 1. The van der Waals surface area contributed by atoms with Gasteiger partial charge >= 0.3 is 0 Å². The van der Waals surface area contributed by atoms with Gasteiger partial charge in [0.1, 0.15) is 0 Å². The van der Waals surface area contributed by atoms with Crippen LogP contribution in [0.5, 0.6) is 0 Å². The first kappa shape index (κ1) is 14.5. The van der Waals surface area contributed by atoms with Gasteiger partial charge in [-0.1, -0.05) is 35.2 Å². The summed E-state index contributed by atoms with van der Waals surface area (Å²) in [5, 5.41) is 3.36. The van der Waals surface area contributed by atoms with Gasteiger partial charge in [-0.05, 0) is 74.5 Å². The van der Waals surface area contributed by atoms with Gasteiger partial charge in [-0.25, -0.2) is 0 Å². The Morgan fingerprint density at radius 2 is 1.48 bits per heavy atom. The third-order valence-electron chi connectivity index (χ3n) is 6.80. The molecule has 118 valence electrons. The molecular weight excluding hydrogens is 326 g/mol. The second-order valence-electron chi connectivity index (χ2n) is 8.49. The molecule has 5 fully saturated rings. The summed E-state index contributed by atoms with van der Waals surface area (Å²) < 4.78 is 0. The summed E-state index contributed by atoms with van der Waals surface area (Å²) >= 11 is 3.85. The van der Waals surface area contributed by atoms with Crippen LogP contribution in [0.3, 0.4) is 0 Å². The van der Waals surface area contributed by atoms with Crippen LogP contribution in [0.1, 0.15) is 70.6 Å². The van der Waals surface area contributed by atoms with Crippen molar-refractivity contribution in [1.29, 1.82) is 0 Å². The molecule has 0 saturated heterocycles. The van der Waals surface area contributed by atoms with Crippen LogP contribution in [0.25, 0.3) is 0 Å². The first-order valence-corrected chi connectivity index (χ1v) is 10.0. The van der Waals surface area contributed by atoms with E-state index in [1.165, 1.54) is 70.6 Å². The number of carbonyl (C=O) groups excluding carboxylic acids is 1. The molecule has 0 aromatic rings. The van der Waals surface area contributed by atoms with Crippen LogP contribution >= 0.6 is 15.9 Å².